The molecule has 18 heavy (non-hydrogen) atoms. The lowest BCUT2D eigenvalue weighted by atomic mass is 10.2. The second-order valence-corrected chi connectivity index (χ2v) is 3.94. The second kappa shape index (κ2) is 5.27. The molecule has 2 aromatic rings. The van der Waals surface area contributed by atoms with Crippen molar-refractivity contribution in [3.05, 3.63) is 58.5 Å². The number of amides is 1. The Morgan fingerprint density at radius 2 is 2.17 bits per heavy atom. The summed E-state index contributed by atoms with van der Waals surface area (Å²) in [6.45, 7) is 1.85. The smallest absolute Gasteiger partial charge is 0.267 e. The topological polar surface area (TPSA) is 64.0 Å². The van der Waals surface area contributed by atoms with Crippen LogP contribution in [0.5, 0.6) is 0 Å². The minimum absolute atomic E-state index is 0.0897. The molecule has 0 bridgehead atoms. The summed E-state index contributed by atoms with van der Waals surface area (Å²) in [5, 5.41) is 6.54. The third-order valence-corrected chi connectivity index (χ3v) is 2.38. The Balaban J connectivity index is 2.06. The molecule has 0 aliphatic rings. The van der Waals surface area contributed by atoms with Crippen LogP contribution in [-0.4, -0.2) is 15.7 Å². The van der Waals surface area contributed by atoms with Gasteiger partial charge in [0, 0.05) is 18.0 Å². The van der Waals surface area contributed by atoms with Gasteiger partial charge in [0.2, 0.25) is 5.91 Å². The Morgan fingerprint density at radius 3 is 2.89 bits per heavy atom. The lowest BCUT2D eigenvalue weighted by molar-refractivity contribution is -0.117. The fourth-order valence-electron chi connectivity index (χ4n) is 1.57. The monoisotopic (exact) mass is 243 g/mol. The molecule has 1 aromatic carbocycles. The summed E-state index contributed by atoms with van der Waals surface area (Å²) in [5.74, 6) is -0.276. The number of nitrogens with one attached hydrogen (secondary N) is 1. The predicted octanol–water partition coefficient (Wildman–Crippen LogP) is 1.19. The number of carbonyl (C=O) groups excluding carboxylic acids is 1. The van der Waals surface area contributed by atoms with Gasteiger partial charge in [0.25, 0.3) is 5.56 Å². The number of benzene rings is 1. The molecule has 0 unspecified atom stereocenters. The Bertz CT molecular complexity index is 619. The molecule has 2 rings (SSSR count). The van der Waals surface area contributed by atoms with E-state index in [1.807, 2.05) is 25.1 Å². The van der Waals surface area contributed by atoms with E-state index in [9.17, 15) is 9.59 Å². The Labute approximate surface area is 104 Å². The summed E-state index contributed by atoms with van der Waals surface area (Å²) in [4.78, 5) is 23.1. The summed E-state index contributed by atoms with van der Waals surface area (Å²) in [5.41, 5.74) is 1.48. The van der Waals surface area contributed by atoms with Crippen molar-refractivity contribution in [2.24, 2.45) is 0 Å². The molecule has 5 heteroatoms. The molecule has 0 atom stereocenters. The summed E-state index contributed by atoms with van der Waals surface area (Å²) < 4.78 is 1.12. The molecule has 0 spiro atoms. The number of aromatic nitrogens is 2. The van der Waals surface area contributed by atoms with Gasteiger partial charge in [-0.2, -0.15) is 5.10 Å². The van der Waals surface area contributed by atoms with Crippen molar-refractivity contribution in [1.29, 1.82) is 0 Å². The lowest BCUT2D eigenvalue weighted by Gasteiger charge is -2.06. The van der Waals surface area contributed by atoms with E-state index < -0.39 is 0 Å². The highest BCUT2D eigenvalue weighted by Crippen LogP contribution is 2.09. The number of anilines is 1. The van der Waals surface area contributed by atoms with Crippen LogP contribution in [0.4, 0.5) is 5.69 Å². The Hall–Kier alpha value is -2.43. The standard InChI is InChI=1S/C13H13N3O2/c1-10-4-2-5-11(8-10)15-12(17)9-16-13(18)6-3-7-14-16/h2-8H,9H2,1H3,(H,15,17). The molecule has 1 heterocycles. The third kappa shape index (κ3) is 3.04. The average molecular weight is 243 g/mol. The van der Waals surface area contributed by atoms with Crippen molar-refractivity contribution in [2.45, 2.75) is 13.5 Å². The van der Waals surface area contributed by atoms with Crippen molar-refractivity contribution in [2.75, 3.05) is 5.32 Å². The van der Waals surface area contributed by atoms with Gasteiger partial charge in [-0.1, -0.05) is 12.1 Å². The van der Waals surface area contributed by atoms with Crippen LogP contribution >= 0.6 is 0 Å². The SMILES string of the molecule is Cc1cccc(NC(=O)Cn2ncccc2=O)c1. The maximum atomic E-state index is 11.7. The molecule has 1 aromatic heterocycles. The van der Waals surface area contributed by atoms with Crippen LogP contribution in [0.1, 0.15) is 5.56 Å². The van der Waals surface area contributed by atoms with Gasteiger partial charge in [0.1, 0.15) is 6.54 Å². The minimum atomic E-state index is -0.295. The largest absolute Gasteiger partial charge is 0.324 e. The van der Waals surface area contributed by atoms with Crippen LogP contribution in [0, 0.1) is 6.92 Å². The third-order valence-electron chi connectivity index (χ3n) is 2.38. The molecular formula is C13H13N3O2. The normalized spacial score (nSPS) is 10.1. The van der Waals surface area contributed by atoms with Crippen LogP contribution in [0.2, 0.25) is 0 Å². The first-order valence-electron chi connectivity index (χ1n) is 5.54. The first-order chi connectivity index (χ1) is 8.65. The maximum Gasteiger partial charge on any atom is 0.267 e. The molecule has 0 saturated heterocycles. The van der Waals surface area contributed by atoms with E-state index in [0.717, 1.165) is 10.2 Å². The van der Waals surface area contributed by atoms with Crippen molar-refractivity contribution in [3.8, 4) is 0 Å². The average Bonchev–Trinajstić information content (AvgIpc) is 2.32. The van der Waals surface area contributed by atoms with Gasteiger partial charge in [-0.15, -0.1) is 0 Å². The van der Waals surface area contributed by atoms with Crippen molar-refractivity contribution < 1.29 is 4.79 Å². The van der Waals surface area contributed by atoms with Gasteiger partial charge >= 0.3 is 0 Å². The summed E-state index contributed by atoms with van der Waals surface area (Å²) in [6.07, 6.45) is 1.47. The zero-order chi connectivity index (χ0) is 13.0. The number of hydrogen-bond acceptors (Lipinski definition) is 3. The highest BCUT2D eigenvalue weighted by atomic mass is 16.2. The number of aryl methyl sites for hydroxylation is 1. The molecule has 1 N–H and O–H groups in total. The minimum Gasteiger partial charge on any atom is -0.324 e. The summed E-state index contributed by atoms with van der Waals surface area (Å²) in [7, 11) is 0. The van der Waals surface area contributed by atoms with E-state index in [1.165, 1.54) is 18.3 Å². The van der Waals surface area contributed by atoms with Gasteiger partial charge in [0.05, 0.1) is 0 Å². The van der Waals surface area contributed by atoms with Crippen molar-refractivity contribution in [1.82, 2.24) is 9.78 Å². The van der Waals surface area contributed by atoms with Crippen LogP contribution in [0.3, 0.4) is 0 Å². The Kier molecular flexibility index (Phi) is 3.52. The molecule has 0 radical (unpaired) electrons. The number of rotatable bonds is 3. The molecule has 0 saturated carbocycles. The van der Waals surface area contributed by atoms with E-state index in [-0.39, 0.29) is 18.0 Å². The molecule has 92 valence electrons. The molecular weight excluding hydrogens is 230 g/mol. The van der Waals surface area contributed by atoms with E-state index in [2.05, 4.69) is 10.4 Å². The lowest BCUT2D eigenvalue weighted by Crippen LogP contribution is -2.28. The number of hydrogen-bond donors (Lipinski definition) is 1. The highest BCUT2D eigenvalue weighted by Gasteiger charge is 2.05. The molecule has 1 amide bonds. The number of carbonyl (C=O) groups is 1. The van der Waals surface area contributed by atoms with Crippen LogP contribution in [-0.2, 0) is 11.3 Å². The quantitative estimate of drug-likeness (QED) is 0.880. The van der Waals surface area contributed by atoms with Gasteiger partial charge in [-0.05, 0) is 30.7 Å². The van der Waals surface area contributed by atoms with Crippen molar-refractivity contribution >= 4 is 11.6 Å². The van der Waals surface area contributed by atoms with Crippen LogP contribution in [0.15, 0.2) is 47.4 Å². The van der Waals surface area contributed by atoms with Gasteiger partial charge in [-0.25, -0.2) is 4.68 Å². The Morgan fingerprint density at radius 1 is 1.33 bits per heavy atom. The van der Waals surface area contributed by atoms with Gasteiger partial charge < -0.3 is 5.32 Å². The molecule has 5 nitrogen and oxygen atoms in total. The zero-order valence-corrected chi connectivity index (χ0v) is 9.96. The molecule has 0 aliphatic carbocycles. The van der Waals surface area contributed by atoms with Crippen LogP contribution in [0.25, 0.3) is 0 Å². The molecule has 0 fully saturated rings. The second-order valence-electron chi connectivity index (χ2n) is 3.94. The van der Waals surface area contributed by atoms with E-state index >= 15 is 0 Å². The fraction of sp³-hybridized carbons (Fsp3) is 0.154. The first kappa shape index (κ1) is 12.0. The zero-order valence-electron chi connectivity index (χ0n) is 9.96. The summed E-state index contributed by atoms with van der Waals surface area (Å²) >= 11 is 0. The maximum absolute atomic E-state index is 11.7. The van der Waals surface area contributed by atoms with E-state index in [4.69, 9.17) is 0 Å². The molecule has 0 aliphatic heterocycles. The number of nitrogens with zero attached hydrogens (tertiary/aromatic N) is 2. The van der Waals surface area contributed by atoms with E-state index in [0.29, 0.717) is 5.69 Å². The highest BCUT2D eigenvalue weighted by molar-refractivity contribution is 5.90. The van der Waals surface area contributed by atoms with E-state index in [1.54, 1.807) is 6.07 Å². The first-order valence-corrected chi connectivity index (χ1v) is 5.54. The fourth-order valence-corrected chi connectivity index (χ4v) is 1.57. The van der Waals surface area contributed by atoms with Crippen LogP contribution < -0.4 is 10.9 Å². The van der Waals surface area contributed by atoms with Gasteiger partial charge in [-0.3, -0.25) is 9.59 Å². The van der Waals surface area contributed by atoms with Crippen molar-refractivity contribution in [3.63, 3.8) is 0 Å². The van der Waals surface area contributed by atoms with Gasteiger partial charge in [0.15, 0.2) is 0 Å². The summed E-state index contributed by atoms with van der Waals surface area (Å²) in [6, 6.07) is 10.4. The predicted molar refractivity (Wildman–Crippen MR) is 68.3 cm³/mol.